The molecule has 0 saturated carbocycles. The van der Waals surface area contributed by atoms with Crippen LogP contribution < -0.4 is 5.32 Å². The lowest BCUT2D eigenvalue weighted by molar-refractivity contribution is -0.145. The predicted molar refractivity (Wildman–Crippen MR) is 89.0 cm³/mol. The first-order valence-electron chi connectivity index (χ1n) is 8.03. The number of rotatable bonds is 9. The Morgan fingerprint density at radius 1 is 1.27 bits per heavy atom. The summed E-state index contributed by atoms with van der Waals surface area (Å²) in [5.74, 6) is -0.760. The van der Waals surface area contributed by atoms with Crippen LogP contribution in [0.5, 0.6) is 0 Å². The summed E-state index contributed by atoms with van der Waals surface area (Å²) < 4.78 is 0. The quantitative estimate of drug-likeness (QED) is 0.542. The Balaban J connectivity index is 1.93. The van der Waals surface area contributed by atoms with Crippen molar-refractivity contribution in [1.29, 1.82) is 0 Å². The summed E-state index contributed by atoms with van der Waals surface area (Å²) in [5, 5.41) is 12.7. The van der Waals surface area contributed by atoms with Crippen molar-refractivity contribution in [3.8, 4) is 0 Å². The van der Waals surface area contributed by atoms with Crippen LogP contribution in [0.3, 0.4) is 0 Å². The van der Waals surface area contributed by atoms with Gasteiger partial charge in [0.25, 0.3) is 0 Å². The second-order valence-electron chi connectivity index (χ2n) is 6.11. The van der Waals surface area contributed by atoms with Gasteiger partial charge in [0.15, 0.2) is 0 Å². The van der Waals surface area contributed by atoms with Crippen molar-refractivity contribution in [2.45, 2.75) is 50.6 Å². The van der Waals surface area contributed by atoms with Crippen LogP contribution in [0.4, 0.5) is 0 Å². The first kappa shape index (κ1) is 17.0. The molecule has 1 atom stereocenters. The Kier molecular flexibility index (Phi) is 6.03. The van der Waals surface area contributed by atoms with E-state index in [1.165, 1.54) is 11.1 Å². The Bertz CT molecular complexity index is 484. The summed E-state index contributed by atoms with van der Waals surface area (Å²) in [6.45, 7) is 2.61. The van der Waals surface area contributed by atoms with Gasteiger partial charge in [-0.15, -0.1) is 0 Å². The van der Waals surface area contributed by atoms with Crippen LogP contribution >= 0.6 is 0 Å². The van der Waals surface area contributed by atoms with Gasteiger partial charge in [-0.1, -0.05) is 43.4 Å². The van der Waals surface area contributed by atoms with Crippen molar-refractivity contribution in [3.05, 3.63) is 35.4 Å². The molecule has 1 unspecified atom stereocenters. The molecule has 5 heteroatoms. The molecule has 0 spiro atoms. The van der Waals surface area contributed by atoms with Crippen LogP contribution in [0.25, 0.3) is 0 Å². The zero-order valence-electron chi connectivity index (χ0n) is 13.3. The van der Waals surface area contributed by atoms with Crippen LogP contribution in [0.2, 0.25) is 6.32 Å². The summed E-state index contributed by atoms with van der Waals surface area (Å²) in [5.41, 5.74) is 1.87. The maximum absolute atomic E-state index is 11.8. The molecule has 1 heterocycles. The van der Waals surface area contributed by atoms with Crippen molar-refractivity contribution in [1.82, 2.24) is 10.2 Å². The summed E-state index contributed by atoms with van der Waals surface area (Å²) in [6.07, 6.45) is 3.55. The van der Waals surface area contributed by atoms with Crippen molar-refractivity contribution in [2.75, 3.05) is 13.6 Å². The van der Waals surface area contributed by atoms with E-state index in [4.69, 9.17) is 7.85 Å². The molecule has 1 aliphatic heterocycles. The van der Waals surface area contributed by atoms with Crippen LogP contribution in [-0.2, 0) is 17.9 Å². The lowest BCUT2D eigenvalue weighted by Gasteiger charge is -2.31. The third-order valence-corrected chi connectivity index (χ3v) is 4.71. The molecule has 4 nitrogen and oxygen atoms in total. The molecule has 2 radical (unpaired) electrons. The SMILES string of the molecule is [B]CCCCC(CCN1Cc2ccccc2C1)(NC)C(=O)O. The highest BCUT2D eigenvalue weighted by atomic mass is 16.4. The van der Waals surface area contributed by atoms with Gasteiger partial charge in [0, 0.05) is 19.6 Å². The Morgan fingerprint density at radius 2 is 1.91 bits per heavy atom. The minimum Gasteiger partial charge on any atom is -0.480 e. The van der Waals surface area contributed by atoms with E-state index >= 15 is 0 Å². The summed E-state index contributed by atoms with van der Waals surface area (Å²) in [7, 11) is 7.27. The van der Waals surface area contributed by atoms with Gasteiger partial charge < -0.3 is 10.4 Å². The maximum Gasteiger partial charge on any atom is 0.323 e. The molecular formula is C17H25BN2O2. The number of nitrogens with one attached hydrogen (secondary N) is 1. The molecule has 0 aliphatic carbocycles. The number of nitrogens with zero attached hydrogens (tertiary/aromatic N) is 1. The summed E-state index contributed by atoms with van der Waals surface area (Å²) in [4.78, 5) is 14.1. The number of benzene rings is 1. The largest absolute Gasteiger partial charge is 0.480 e. The van der Waals surface area contributed by atoms with E-state index in [1.807, 2.05) is 0 Å². The number of hydrogen-bond donors (Lipinski definition) is 2. The smallest absolute Gasteiger partial charge is 0.323 e. The highest BCUT2D eigenvalue weighted by Gasteiger charge is 2.36. The lowest BCUT2D eigenvalue weighted by Crippen LogP contribution is -2.52. The second-order valence-corrected chi connectivity index (χ2v) is 6.11. The van der Waals surface area contributed by atoms with Crippen LogP contribution in [0, 0.1) is 0 Å². The van der Waals surface area contributed by atoms with E-state index in [1.54, 1.807) is 7.05 Å². The summed E-state index contributed by atoms with van der Waals surface area (Å²) >= 11 is 0. The first-order valence-corrected chi connectivity index (χ1v) is 8.03. The zero-order valence-corrected chi connectivity index (χ0v) is 13.3. The highest BCUT2D eigenvalue weighted by Crippen LogP contribution is 2.25. The highest BCUT2D eigenvalue weighted by molar-refractivity contribution is 6.08. The van der Waals surface area contributed by atoms with Gasteiger partial charge in [-0.3, -0.25) is 9.69 Å². The fourth-order valence-corrected chi connectivity index (χ4v) is 3.18. The van der Waals surface area contributed by atoms with E-state index in [0.717, 1.165) is 32.5 Å². The number of carbonyl (C=O) groups is 1. The van der Waals surface area contributed by atoms with E-state index in [9.17, 15) is 9.90 Å². The molecular weight excluding hydrogens is 275 g/mol. The van der Waals surface area contributed by atoms with Crippen molar-refractivity contribution < 1.29 is 9.90 Å². The molecule has 1 aromatic rings. The van der Waals surface area contributed by atoms with E-state index < -0.39 is 11.5 Å². The third-order valence-electron chi connectivity index (χ3n) is 4.71. The number of likely N-dealkylation sites (N-methyl/N-ethyl adjacent to an activating group) is 1. The normalized spacial score (nSPS) is 17.1. The number of fused-ring (bicyclic) bond motifs is 1. The number of unbranched alkanes of at least 4 members (excludes halogenated alkanes) is 1. The van der Waals surface area contributed by atoms with Crippen LogP contribution in [-0.4, -0.2) is 43.0 Å². The number of hydrogen-bond acceptors (Lipinski definition) is 3. The van der Waals surface area contributed by atoms with Gasteiger partial charge in [-0.2, -0.15) is 0 Å². The predicted octanol–water partition coefficient (Wildman–Crippen LogP) is 2.19. The Morgan fingerprint density at radius 3 is 2.41 bits per heavy atom. The molecule has 0 fully saturated rings. The molecule has 1 aromatic carbocycles. The van der Waals surface area contributed by atoms with Gasteiger partial charge in [0.05, 0.1) is 7.85 Å². The Hall–Kier alpha value is -1.33. The van der Waals surface area contributed by atoms with E-state index in [2.05, 4.69) is 34.5 Å². The van der Waals surface area contributed by atoms with Gasteiger partial charge in [-0.25, -0.2) is 0 Å². The van der Waals surface area contributed by atoms with Gasteiger partial charge in [0.1, 0.15) is 5.54 Å². The molecule has 22 heavy (non-hydrogen) atoms. The maximum atomic E-state index is 11.8. The average molecular weight is 300 g/mol. The average Bonchev–Trinajstić information content (AvgIpc) is 2.93. The Labute approximate surface area is 134 Å². The molecule has 118 valence electrons. The first-order chi connectivity index (χ1) is 10.6. The fourth-order valence-electron chi connectivity index (χ4n) is 3.18. The monoisotopic (exact) mass is 300 g/mol. The van der Waals surface area contributed by atoms with E-state index in [0.29, 0.717) is 19.2 Å². The summed E-state index contributed by atoms with van der Waals surface area (Å²) in [6, 6.07) is 8.42. The zero-order chi connectivity index (χ0) is 16.0. The fraction of sp³-hybridized carbons (Fsp3) is 0.588. The molecule has 2 rings (SSSR count). The molecule has 0 aromatic heterocycles. The standard InChI is InChI=1S/C17H25BN2O2/c1-19-17(16(21)22,8-4-5-10-18)9-11-20-12-14-6-2-3-7-15(14)13-20/h2-3,6-7,19H,4-5,8-13H2,1H3,(H,21,22). The topological polar surface area (TPSA) is 52.6 Å². The lowest BCUT2D eigenvalue weighted by atomic mass is 9.87. The van der Waals surface area contributed by atoms with Crippen molar-refractivity contribution in [3.63, 3.8) is 0 Å². The third kappa shape index (κ3) is 3.90. The number of aliphatic carboxylic acids is 1. The van der Waals surface area contributed by atoms with Crippen molar-refractivity contribution in [2.24, 2.45) is 0 Å². The minimum absolute atomic E-state index is 0.609. The van der Waals surface area contributed by atoms with Crippen molar-refractivity contribution >= 4 is 13.8 Å². The minimum atomic E-state index is -0.843. The van der Waals surface area contributed by atoms with Crippen LogP contribution in [0.1, 0.15) is 36.8 Å². The van der Waals surface area contributed by atoms with Gasteiger partial charge in [0.2, 0.25) is 0 Å². The van der Waals surface area contributed by atoms with E-state index in [-0.39, 0.29) is 0 Å². The second kappa shape index (κ2) is 7.79. The number of carboxylic acids is 1. The molecule has 2 N–H and O–H groups in total. The van der Waals surface area contributed by atoms with Gasteiger partial charge >= 0.3 is 5.97 Å². The number of carboxylic acid groups (broad SMARTS) is 1. The molecule has 0 saturated heterocycles. The molecule has 0 amide bonds. The van der Waals surface area contributed by atoms with Gasteiger partial charge in [-0.05, 0) is 31.0 Å². The molecule has 0 bridgehead atoms. The van der Waals surface area contributed by atoms with Crippen LogP contribution in [0.15, 0.2) is 24.3 Å². The molecule has 1 aliphatic rings.